The third-order valence-corrected chi connectivity index (χ3v) is 6.12. The van der Waals surface area contributed by atoms with Crippen molar-refractivity contribution >= 4 is 11.9 Å². The molecule has 3 amide bonds. The molecule has 1 aromatic rings. The van der Waals surface area contributed by atoms with Gasteiger partial charge >= 0.3 is 6.03 Å². The quantitative estimate of drug-likeness (QED) is 0.658. The summed E-state index contributed by atoms with van der Waals surface area (Å²) in [5, 5.41) is 3.30. The van der Waals surface area contributed by atoms with E-state index >= 15 is 0 Å². The maximum Gasteiger partial charge on any atom is 0.319 e. The third kappa shape index (κ3) is 6.48. The van der Waals surface area contributed by atoms with Crippen LogP contribution in [0.1, 0.15) is 71.6 Å². The number of hydrogen-bond acceptors (Lipinski definition) is 2. The van der Waals surface area contributed by atoms with Crippen LogP contribution >= 0.6 is 0 Å². The second-order valence-corrected chi connectivity index (χ2v) is 9.29. The summed E-state index contributed by atoms with van der Waals surface area (Å²) in [7, 11) is 0. The Morgan fingerprint density at radius 2 is 1.60 bits per heavy atom. The van der Waals surface area contributed by atoms with Crippen molar-refractivity contribution in [3.05, 3.63) is 35.4 Å². The largest absolute Gasteiger partial charge is 0.349 e. The molecule has 1 N–H and O–H groups in total. The molecule has 0 bridgehead atoms. The maximum absolute atomic E-state index is 13.0. The Labute approximate surface area is 183 Å². The van der Waals surface area contributed by atoms with Crippen LogP contribution in [0.4, 0.5) is 4.79 Å². The zero-order valence-electron chi connectivity index (χ0n) is 19.8. The van der Waals surface area contributed by atoms with Crippen molar-refractivity contribution in [1.82, 2.24) is 15.1 Å². The fourth-order valence-corrected chi connectivity index (χ4v) is 4.27. The fraction of sp³-hybridized carbons (Fsp3) is 0.680. The summed E-state index contributed by atoms with van der Waals surface area (Å²) in [5.74, 6) is 1.05. The number of rotatable bonds is 8. The number of amides is 3. The third-order valence-electron chi connectivity index (χ3n) is 6.12. The van der Waals surface area contributed by atoms with Gasteiger partial charge in [-0.1, -0.05) is 52.0 Å². The molecule has 1 aliphatic heterocycles. The molecule has 0 aliphatic carbocycles. The van der Waals surface area contributed by atoms with Gasteiger partial charge < -0.3 is 15.1 Å². The Bertz CT molecular complexity index is 672. The van der Waals surface area contributed by atoms with Gasteiger partial charge in [0.05, 0.1) is 6.04 Å². The highest BCUT2D eigenvalue weighted by atomic mass is 16.2. The molecule has 5 heteroatoms. The SMILES string of the molecule is CCN(CC)C(=O)N1CCC(C(=O)NC(c2ccc(CC(C)C)cc2)C(C)C)CC1. The van der Waals surface area contributed by atoms with Crippen LogP contribution in [0.3, 0.4) is 0 Å². The van der Waals surface area contributed by atoms with Gasteiger partial charge in [-0.25, -0.2) is 4.79 Å². The molecular formula is C25H41N3O2. The molecule has 1 atom stereocenters. The summed E-state index contributed by atoms with van der Waals surface area (Å²) < 4.78 is 0. The maximum atomic E-state index is 13.0. The Balaban J connectivity index is 1.95. The molecule has 1 aliphatic rings. The Morgan fingerprint density at radius 1 is 1.03 bits per heavy atom. The van der Waals surface area contributed by atoms with Crippen molar-refractivity contribution in [2.45, 2.75) is 66.8 Å². The van der Waals surface area contributed by atoms with Crippen LogP contribution in [0.25, 0.3) is 0 Å². The first-order valence-electron chi connectivity index (χ1n) is 11.7. The molecule has 1 aromatic carbocycles. The lowest BCUT2D eigenvalue weighted by molar-refractivity contribution is -0.127. The molecule has 1 fully saturated rings. The predicted molar refractivity (Wildman–Crippen MR) is 123 cm³/mol. The lowest BCUT2D eigenvalue weighted by Crippen LogP contribution is -2.48. The lowest BCUT2D eigenvalue weighted by atomic mass is 9.91. The number of nitrogens with one attached hydrogen (secondary N) is 1. The van der Waals surface area contributed by atoms with Gasteiger partial charge in [-0.2, -0.15) is 0 Å². The minimum absolute atomic E-state index is 0.0148. The van der Waals surface area contributed by atoms with Gasteiger partial charge in [0.15, 0.2) is 0 Å². The van der Waals surface area contributed by atoms with Crippen molar-refractivity contribution in [2.24, 2.45) is 17.8 Å². The topological polar surface area (TPSA) is 52.7 Å². The minimum atomic E-state index is -0.0211. The molecule has 0 saturated carbocycles. The van der Waals surface area contributed by atoms with Gasteiger partial charge in [0.25, 0.3) is 0 Å². The van der Waals surface area contributed by atoms with E-state index in [4.69, 9.17) is 0 Å². The first-order valence-corrected chi connectivity index (χ1v) is 11.7. The van der Waals surface area contributed by atoms with Crippen LogP contribution in [-0.4, -0.2) is 47.9 Å². The molecule has 30 heavy (non-hydrogen) atoms. The van der Waals surface area contributed by atoms with Crippen molar-refractivity contribution in [3.63, 3.8) is 0 Å². The smallest absolute Gasteiger partial charge is 0.319 e. The summed E-state index contributed by atoms with van der Waals surface area (Å²) >= 11 is 0. The van der Waals surface area contributed by atoms with E-state index in [1.165, 1.54) is 11.1 Å². The van der Waals surface area contributed by atoms with Gasteiger partial charge in [-0.15, -0.1) is 0 Å². The molecule has 0 aromatic heterocycles. The van der Waals surface area contributed by atoms with Gasteiger partial charge in [0.1, 0.15) is 0 Å². The Morgan fingerprint density at radius 3 is 2.07 bits per heavy atom. The van der Waals surface area contributed by atoms with Crippen LogP contribution < -0.4 is 5.32 Å². The van der Waals surface area contributed by atoms with E-state index in [0.717, 1.165) is 32.4 Å². The number of likely N-dealkylation sites (tertiary alicyclic amines) is 1. The highest BCUT2D eigenvalue weighted by molar-refractivity contribution is 5.80. The van der Waals surface area contributed by atoms with Gasteiger partial charge in [0, 0.05) is 32.1 Å². The monoisotopic (exact) mass is 415 g/mol. The van der Waals surface area contributed by atoms with Crippen molar-refractivity contribution in [1.29, 1.82) is 0 Å². The van der Waals surface area contributed by atoms with Crippen LogP contribution in [-0.2, 0) is 11.2 Å². The Kier molecular flexibility index (Phi) is 9.19. The number of benzene rings is 1. The number of piperidine rings is 1. The minimum Gasteiger partial charge on any atom is -0.349 e. The molecule has 1 heterocycles. The molecule has 0 radical (unpaired) electrons. The number of carbonyl (C=O) groups is 2. The average Bonchev–Trinajstić information content (AvgIpc) is 2.73. The van der Waals surface area contributed by atoms with Crippen LogP contribution in [0, 0.1) is 17.8 Å². The van der Waals surface area contributed by atoms with E-state index in [1.54, 1.807) is 0 Å². The van der Waals surface area contributed by atoms with E-state index in [2.05, 4.69) is 57.3 Å². The van der Waals surface area contributed by atoms with Crippen LogP contribution in [0.15, 0.2) is 24.3 Å². The van der Waals surface area contributed by atoms with E-state index in [9.17, 15) is 9.59 Å². The number of nitrogens with zero attached hydrogens (tertiary/aromatic N) is 2. The first kappa shape index (κ1) is 24.2. The van der Waals surface area contributed by atoms with E-state index in [0.29, 0.717) is 24.9 Å². The van der Waals surface area contributed by atoms with Gasteiger partial charge in [-0.3, -0.25) is 4.79 Å². The normalized spacial score (nSPS) is 16.1. The standard InChI is InChI=1S/C25H41N3O2/c1-7-27(8-2)25(30)28-15-13-22(14-16-28)24(29)26-23(19(5)6)21-11-9-20(10-12-21)17-18(3)4/h9-12,18-19,22-23H,7-8,13-17H2,1-6H3,(H,26,29). The van der Waals surface area contributed by atoms with Crippen LogP contribution in [0.2, 0.25) is 0 Å². The van der Waals surface area contributed by atoms with E-state index in [-0.39, 0.29) is 23.9 Å². The average molecular weight is 416 g/mol. The fourth-order valence-electron chi connectivity index (χ4n) is 4.27. The Hall–Kier alpha value is -2.04. The van der Waals surface area contributed by atoms with Crippen LogP contribution in [0.5, 0.6) is 0 Å². The summed E-state index contributed by atoms with van der Waals surface area (Å²) in [5.41, 5.74) is 2.51. The highest BCUT2D eigenvalue weighted by Crippen LogP contribution is 2.25. The molecule has 1 saturated heterocycles. The molecule has 5 nitrogen and oxygen atoms in total. The number of hydrogen-bond donors (Lipinski definition) is 1. The second-order valence-electron chi connectivity index (χ2n) is 9.29. The highest BCUT2D eigenvalue weighted by Gasteiger charge is 2.30. The summed E-state index contributed by atoms with van der Waals surface area (Å²) in [6.45, 7) is 15.5. The lowest BCUT2D eigenvalue weighted by Gasteiger charge is -2.35. The molecule has 168 valence electrons. The zero-order chi connectivity index (χ0) is 22.3. The summed E-state index contributed by atoms with van der Waals surface area (Å²) in [6.07, 6.45) is 2.54. The molecular weight excluding hydrogens is 374 g/mol. The number of urea groups is 1. The van der Waals surface area contributed by atoms with Crippen molar-refractivity contribution in [3.8, 4) is 0 Å². The summed E-state index contributed by atoms with van der Waals surface area (Å²) in [6, 6.07) is 8.81. The molecule has 1 unspecified atom stereocenters. The van der Waals surface area contributed by atoms with E-state index < -0.39 is 0 Å². The van der Waals surface area contributed by atoms with Crippen molar-refractivity contribution < 1.29 is 9.59 Å². The van der Waals surface area contributed by atoms with Gasteiger partial charge in [-0.05, 0) is 56.1 Å². The second kappa shape index (κ2) is 11.4. The van der Waals surface area contributed by atoms with E-state index in [1.807, 2.05) is 23.6 Å². The molecule has 2 rings (SSSR count). The molecule has 0 spiro atoms. The zero-order valence-corrected chi connectivity index (χ0v) is 19.8. The first-order chi connectivity index (χ1) is 14.3. The van der Waals surface area contributed by atoms with Crippen molar-refractivity contribution in [2.75, 3.05) is 26.2 Å². The predicted octanol–water partition coefficient (Wildman–Crippen LogP) is 4.87. The summed E-state index contributed by atoms with van der Waals surface area (Å²) in [4.78, 5) is 29.3. The van der Waals surface area contributed by atoms with Gasteiger partial charge in [0.2, 0.25) is 5.91 Å². The number of carbonyl (C=O) groups excluding carboxylic acids is 2.